The van der Waals surface area contributed by atoms with Gasteiger partial charge in [-0.3, -0.25) is 0 Å². The van der Waals surface area contributed by atoms with Crippen LogP contribution in [-0.4, -0.2) is 93.3 Å². The average molecular weight is 953 g/mol. The number of hydrogen-bond acceptors (Lipinski definition) is 11. The van der Waals surface area contributed by atoms with Gasteiger partial charge < -0.3 is 42.3 Å². The first-order chi connectivity index (χ1) is 31.8. The lowest BCUT2D eigenvalue weighted by atomic mass is 9.97. The molecule has 0 amide bonds. The Morgan fingerprint density at radius 2 is 1.46 bits per heavy atom. The van der Waals surface area contributed by atoms with E-state index in [2.05, 4.69) is 108 Å². The van der Waals surface area contributed by atoms with Gasteiger partial charge in [0.25, 0.3) is 8.32 Å². The van der Waals surface area contributed by atoms with Gasteiger partial charge in [-0.05, 0) is 84.9 Å². The lowest BCUT2D eigenvalue weighted by Gasteiger charge is -2.44. The van der Waals surface area contributed by atoms with Gasteiger partial charge >= 0.3 is 11.9 Å². The van der Waals surface area contributed by atoms with Crippen LogP contribution in [0.5, 0.6) is 11.5 Å². The fourth-order valence-electron chi connectivity index (χ4n) is 8.30. The highest BCUT2D eigenvalue weighted by Gasteiger charge is 2.51. The summed E-state index contributed by atoms with van der Waals surface area (Å²) in [6, 6.07) is 33.0. The molecule has 0 radical (unpaired) electrons. The third kappa shape index (κ3) is 14.3. The summed E-state index contributed by atoms with van der Waals surface area (Å²) >= 11 is 0. The van der Waals surface area contributed by atoms with Gasteiger partial charge in [-0.15, -0.1) is 0 Å². The van der Waals surface area contributed by atoms with Crippen molar-refractivity contribution in [1.82, 2.24) is 0 Å². The van der Waals surface area contributed by atoms with Crippen LogP contribution in [-0.2, 0) is 39.5 Å². The number of hydrogen-bond donors (Lipinski definition) is 0. The van der Waals surface area contributed by atoms with Crippen LogP contribution in [0.4, 0.5) is 0 Å². The molecule has 13 heteroatoms. The van der Waals surface area contributed by atoms with E-state index in [4.69, 9.17) is 42.3 Å². The summed E-state index contributed by atoms with van der Waals surface area (Å²) < 4.78 is 54.8. The molecule has 5 rings (SSSR count). The van der Waals surface area contributed by atoms with Crippen molar-refractivity contribution in [3.63, 3.8) is 0 Å². The van der Waals surface area contributed by atoms with E-state index in [9.17, 15) is 9.59 Å². The summed E-state index contributed by atoms with van der Waals surface area (Å²) in [5, 5.41) is 2.27. The van der Waals surface area contributed by atoms with Crippen molar-refractivity contribution in [2.45, 2.75) is 122 Å². The zero-order valence-electron chi connectivity index (χ0n) is 41.6. The Hall–Kier alpha value is -4.87. The molecule has 0 N–H and O–H groups in total. The van der Waals surface area contributed by atoms with Gasteiger partial charge in [0.15, 0.2) is 12.6 Å². The molecule has 0 spiro atoms. The highest BCUT2D eigenvalue weighted by molar-refractivity contribution is 6.99. The molecule has 1 aliphatic heterocycles. The van der Waals surface area contributed by atoms with Crippen LogP contribution in [0.15, 0.2) is 115 Å². The van der Waals surface area contributed by atoms with Crippen LogP contribution < -0.4 is 19.8 Å². The van der Waals surface area contributed by atoms with E-state index < -0.39 is 52.4 Å². The fraction of sp³-hybridized carbons (Fsp3) is 0.444. The summed E-state index contributed by atoms with van der Waals surface area (Å²) in [6.07, 6.45) is 6.98. The van der Waals surface area contributed by atoms with E-state index in [-0.39, 0.29) is 41.4 Å². The number of methoxy groups -OCH3 is 3. The topological polar surface area (TPSA) is 117 Å². The number of rotatable bonds is 23. The Bertz CT molecular complexity index is 2210. The predicted molar refractivity (Wildman–Crippen MR) is 270 cm³/mol. The maximum Gasteiger partial charge on any atom is 0.342 e. The molecule has 0 bridgehead atoms. The third-order valence-electron chi connectivity index (χ3n) is 11.6. The van der Waals surface area contributed by atoms with Crippen LogP contribution in [0, 0.1) is 0 Å². The van der Waals surface area contributed by atoms with Crippen molar-refractivity contribution in [3.05, 3.63) is 138 Å². The van der Waals surface area contributed by atoms with Gasteiger partial charge in [-0.2, -0.15) is 0 Å². The van der Waals surface area contributed by atoms with Crippen molar-refractivity contribution in [2.75, 3.05) is 34.7 Å². The highest BCUT2D eigenvalue weighted by atomic mass is 28.4. The van der Waals surface area contributed by atoms with Gasteiger partial charge in [-0.25, -0.2) is 9.59 Å². The fourth-order valence-corrected chi connectivity index (χ4v) is 13.7. The molecule has 4 aromatic rings. The van der Waals surface area contributed by atoms with Gasteiger partial charge in [0.05, 0.1) is 39.1 Å². The van der Waals surface area contributed by atoms with Crippen molar-refractivity contribution in [2.24, 2.45) is 0 Å². The van der Waals surface area contributed by atoms with E-state index in [1.54, 1.807) is 25.3 Å². The smallest absolute Gasteiger partial charge is 0.342 e. The van der Waals surface area contributed by atoms with Crippen LogP contribution in [0.25, 0.3) is 6.08 Å². The molecule has 1 heterocycles. The van der Waals surface area contributed by atoms with Crippen LogP contribution in [0.3, 0.4) is 0 Å². The van der Waals surface area contributed by atoms with Crippen LogP contribution in [0.1, 0.15) is 86.2 Å². The second kappa shape index (κ2) is 23.9. The molecule has 1 saturated heterocycles. The van der Waals surface area contributed by atoms with E-state index in [0.717, 1.165) is 17.4 Å². The Kier molecular flexibility index (Phi) is 19.0. The minimum Gasteiger partial charge on any atom is -0.497 e. The molecule has 0 aliphatic carbocycles. The number of ether oxygens (including phenoxy) is 8. The Morgan fingerprint density at radius 1 is 0.821 bits per heavy atom. The summed E-state index contributed by atoms with van der Waals surface area (Å²) in [4.78, 5) is 27.1. The number of carbonyl (C=O) groups excluding carboxylic acids is 2. The van der Waals surface area contributed by atoms with Gasteiger partial charge in [0, 0.05) is 26.9 Å². The molecule has 1 aliphatic rings. The molecule has 0 aromatic heterocycles. The van der Waals surface area contributed by atoms with Crippen LogP contribution >= 0.6 is 0 Å². The first-order valence-corrected chi connectivity index (χ1v) is 28.7. The SMILES string of the molecule is COCOc1ccc(C(=O)OC)c(/C=C/C[C@@H]2OC(C)(C)O[C@@H]2C(/C=C\C[C@H](C)O[Si](c2ccccc2)(c2ccccc2)C(C)(C)C)OCc2ccc(OC)cc2)c1C(=O)OCC[Si](C)(C)C. The van der Waals surface area contributed by atoms with Crippen molar-refractivity contribution in [1.29, 1.82) is 0 Å². The number of esters is 2. The first kappa shape index (κ1) is 53.1. The second-order valence-corrected chi connectivity index (χ2v) is 29.4. The van der Waals surface area contributed by atoms with Crippen molar-refractivity contribution in [3.8, 4) is 11.5 Å². The normalized spacial score (nSPS) is 17.4. The number of benzene rings is 4. The van der Waals surface area contributed by atoms with Crippen molar-refractivity contribution < 1.29 is 51.9 Å². The summed E-state index contributed by atoms with van der Waals surface area (Å²) in [6.45, 7) is 19.8. The van der Waals surface area contributed by atoms with Gasteiger partial charge in [0.2, 0.25) is 0 Å². The third-order valence-corrected chi connectivity index (χ3v) is 18.5. The lowest BCUT2D eigenvalue weighted by molar-refractivity contribution is -0.156. The molecule has 362 valence electrons. The summed E-state index contributed by atoms with van der Waals surface area (Å²) in [7, 11) is 0.105. The van der Waals surface area contributed by atoms with Gasteiger partial charge in [0.1, 0.15) is 29.3 Å². The largest absolute Gasteiger partial charge is 0.497 e. The van der Waals surface area contributed by atoms with Crippen LogP contribution in [0.2, 0.25) is 30.7 Å². The maximum absolute atomic E-state index is 13.9. The first-order valence-electron chi connectivity index (χ1n) is 23.1. The molecule has 11 nitrogen and oxygen atoms in total. The van der Waals surface area contributed by atoms with Gasteiger partial charge in [-0.1, -0.05) is 138 Å². The monoisotopic (exact) mass is 952 g/mol. The van der Waals surface area contributed by atoms with E-state index in [1.165, 1.54) is 24.6 Å². The molecule has 67 heavy (non-hydrogen) atoms. The molecule has 1 unspecified atom stereocenters. The lowest BCUT2D eigenvalue weighted by Crippen LogP contribution is -2.67. The summed E-state index contributed by atoms with van der Waals surface area (Å²) in [5.74, 6) is -1.20. The molecule has 1 fully saturated rings. The van der Waals surface area contributed by atoms with E-state index in [0.29, 0.717) is 25.0 Å². The molecular weight excluding hydrogens is 881 g/mol. The zero-order chi connectivity index (χ0) is 48.8. The highest BCUT2D eigenvalue weighted by Crippen LogP contribution is 2.39. The zero-order valence-corrected chi connectivity index (χ0v) is 43.6. The Morgan fingerprint density at radius 3 is 2.03 bits per heavy atom. The number of carbonyl (C=O) groups is 2. The second-order valence-electron chi connectivity index (χ2n) is 19.5. The van der Waals surface area contributed by atoms with E-state index in [1.807, 2.05) is 56.3 Å². The maximum atomic E-state index is 13.9. The van der Waals surface area contributed by atoms with E-state index >= 15 is 0 Å². The molecule has 4 atom stereocenters. The molecule has 4 aromatic carbocycles. The Labute approximate surface area is 400 Å². The molecular formula is C54H72O11Si2. The predicted octanol–water partition coefficient (Wildman–Crippen LogP) is 10.4. The Balaban J connectivity index is 1.47. The standard InChI is InChI=1S/C54H72O11Si2/c1-39(65-67(53(2,3)4,42-22-15-13-16-23-42)43-24-17-14-18-25-43)21-19-27-47(61-37-40-29-31-41(58-8)32-30-40)50-48(63-54(5,6)64-50)28-20-26-44-45(51(55)59-9)33-34-46(62-38-57-7)49(44)52(56)60-35-36-66(10,11)12/h13-20,22-27,29-34,39,47-48,50H,21,28,35-38H2,1-12H3/b26-20+,27-19-/t39-,47?,48-,50+/m0/s1. The summed E-state index contributed by atoms with van der Waals surface area (Å²) in [5.41, 5.74) is 1.55. The minimum absolute atomic E-state index is 0.102. The average Bonchev–Trinajstić information content (AvgIpc) is 3.61. The molecule has 0 saturated carbocycles. The van der Waals surface area contributed by atoms with Crippen molar-refractivity contribution >= 4 is 44.8 Å². The quantitative estimate of drug-likeness (QED) is 0.0306. The minimum atomic E-state index is -2.80.